The second-order valence-corrected chi connectivity index (χ2v) is 4.79. The van der Waals surface area contributed by atoms with Crippen LogP contribution in [0.25, 0.3) is 22.5 Å². The molecule has 0 spiro atoms. The maximum Gasteiger partial charge on any atom is 0.177 e. The van der Waals surface area contributed by atoms with Crippen LogP contribution in [0.5, 0.6) is 0 Å². The molecule has 0 aliphatic carbocycles. The van der Waals surface area contributed by atoms with E-state index >= 15 is 0 Å². The molecule has 0 radical (unpaired) electrons. The van der Waals surface area contributed by atoms with Gasteiger partial charge in [0.15, 0.2) is 11.6 Å². The summed E-state index contributed by atoms with van der Waals surface area (Å²) >= 11 is 0. The van der Waals surface area contributed by atoms with Gasteiger partial charge in [-0.1, -0.05) is 48.5 Å². The molecular formula is C17H15FN2O. The summed E-state index contributed by atoms with van der Waals surface area (Å²) < 4.78 is 18.9. The zero-order chi connectivity index (χ0) is 14.8. The third-order valence-electron chi connectivity index (χ3n) is 3.47. The lowest BCUT2D eigenvalue weighted by Gasteiger charge is -2.07. The molecule has 0 unspecified atom stereocenters. The number of anilines is 1. The summed E-state index contributed by atoms with van der Waals surface area (Å²) in [5, 5.41) is 3.85. The molecule has 3 aromatic rings. The summed E-state index contributed by atoms with van der Waals surface area (Å²) in [5.74, 6) is 0.528. The summed E-state index contributed by atoms with van der Waals surface area (Å²) in [6.45, 7) is 2.07. The van der Waals surface area contributed by atoms with Crippen molar-refractivity contribution < 1.29 is 8.91 Å². The lowest BCUT2D eigenvalue weighted by molar-refractivity contribution is 0.435. The van der Waals surface area contributed by atoms with Gasteiger partial charge in [-0.3, -0.25) is 0 Å². The van der Waals surface area contributed by atoms with Crippen LogP contribution in [0.4, 0.5) is 10.2 Å². The molecule has 2 aromatic carbocycles. The van der Waals surface area contributed by atoms with Crippen LogP contribution in [-0.4, -0.2) is 5.16 Å². The first-order chi connectivity index (χ1) is 10.2. The van der Waals surface area contributed by atoms with Crippen molar-refractivity contribution in [2.75, 3.05) is 5.73 Å². The van der Waals surface area contributed by atoms with Crippen molar-refractivity contribution in [3.63, 3.8) is 0 Å². The fourth-order valence-corrected chi connectivity index (χ4v) is 2.46. The maximum atomic E-state index is 13.5. The van der Waals surface area contributed by atoms with E-state index in [1.807, 2.05) is 24.3 Å². The summed E-state index contributed by atoms with van der Waals surface area (Å²) in [7, 11) is 0. The van der Waals surface area contributed by atoms with Crippen molar-refractivity contribution in [3.8, 4) is 22.5 Å². The normalized spacial score (nSPS) is 10.8. The minimum Gasteiger partial charge on any atom is -0.380 e. The largest absolute Gasteiger partial charge is 0.380 e. The average Bonchev–Trinajstić information content (AvgIpc) is 2.88. The quantitative estimate of drug-likeness (QED) is 0.779. The highest BCUT2D eigenvalue weighted by molar-refractivity contribution is 5.87. The van der Waals surface area contributed by atoms with E-state index in [1.54, 1.807) is 12.1 Å². The van der Waals surface area contributed by atoms with Gasteiger partial charge < -0.3 is 10.3 Å². The molecule has 3 rings (SSSR count). The molecule has 0 aliphatic rings. The Morgan fingerprint density at radius 1 is 1.14 bits per heavy atom. The Morgan fingerprint density at radius 3 is 2.71 bits per heavy atom. The van der Waals surface area contributed by atoms with E-state index in [0.29, 0.717) is 16.9 Å². The van der Waals surface area contributed by atoms with Crippen LogP contribution >= 0.6 is 0 Å². The Kier molecular flexibility index (Phi) is 3.44. The summed E-state index contributed by atoms with van der Waals surface area (Å²) in [6, 6.07) is 14.2. The summed E-state index contributed by atoms with van der Waals surface area (Å²) in [4.78, 5) is 0. The number of nitrogens with two attached hydrogens (primary N) is 1. The molecule has 106 valence electrons. The van der Waals surface area contributed by atoms with Crippen LogP contribution in [0.1, 0.15) is 12.5 Å². The van der Waals surface area contributed by atoms with E-state index in [0.717, 1.165) is 17.5 Å². The monoisotopic (exact) mass is 282 g/mol. The second-order valence-electron chi connectivity index (χ2n) is 4.79. The molecule has 1 aromatic heterocycles. The molecule has 4 heteroatoms. The maximum absolute atomic E-state index is 13.5. The molecule has 1 heterocycles. The van der Waals surface area contributed by atoms with E-state index in [-0.39, 0.29) is 11.6 Å². The van der Waals surface area contributed by atoms with Crippen LogP contribution in [0.15, 0.2) is 53.1 Å². The SMILES string of the molecule is CCc1ccccc1-c1onc(N)c1-c1cccc(F)c1. The van der Waals surface area contributed by atoms with E-state index in [9.17, 15) is 4.39 Å². The molecule has 0 fully saturated rings. The number of benzene rings is 2. The van der Waals surface area contributed by atoms with Gasteiger partial charge in [0.2, 0.25) is 0 Å². The fourth-order valence-electron chi connectivity index (χ4n) is 2.46. The topological polar surface area (TPSA) is 52.0 Å². The standard InChI is InChI=1S/C17H15FN2O/c1-2-11-6-3-4-9-14(11)16-15(17(19)20-21-16)12-7-5-8-13(18)10-12/h3-10H,2H2,1H3,(H2,19,20). The van der Waals surface area contributed by atoms with Crippen molar-refractivity contribution in [2.45, 2.75) is 13.3 Å². The van der Waals surface area contributed by atoms with E-state index in [2.05, 4.69) is 12.1 Å². The summed E-state index contributed by atoms with van der Waals surface area (Å²) in [6.07, 6.45) is 0.860. The second kappa shape index (κ2) is 5.40. The number of nitrogen functional groups attached to an aromatic ring is 1. The Hall–Kier alpha value is -2.62. The number of hydrogen-bond donors (Lipinski definition) is 1. The van der Waals surface area contributed by atoms with Crippen molar-refractivity contribution >= 4 is 5.82 Å². The summed E-state index contributed by atoms with van der Waals surface area (Å²) in [5.41, 5.74) is 9.29. The predicted molar refractivity (Wildman–Crippen MR) is 81.1 cm³/mol. The van der Waals surface area contributed by atoms with Gasteiger partial charge in [-0.25, -0.2) is 4.39 Å². The molecule has 3 nitrogen and oxygen atoms in total. The fraction of sp³-hybridized carbons (Fsp3) is 0.118. The average molecular weight is 282 g/mol. The first-order valence-corrected chi connectivity index (χ1v) is 6.80. The number of nitrogens with zero attached hydrogens (tertiary/aromatic N) is 1. The third kappa shape index (κ3) is 2.40. The molecule has 2 N–H and O–H groups in total. The van der Waals surface area contributed by atoms with Gasteiger partial charge in [0.05, 0.1) is 5.56 Å². The molecule has 0 aliphatic heterocycles. The van der Waals surface area contributed by atoms with Crippen LogP contribution in [0, 0.1) is 5.82 Å². The smallest absolute Gasteiger partial charge is 0.177 e. The Labute approximate surface area is 122 Å². The molecule has 0 amide bonds. The zero-order valence-electron chi connectivity index (χ0n) is 11.6. The van der Waals surface area contributed by atoms with E-state index in [1.165, 1.54) is 12.1 Å². The minimum absolute atomic E-state index is 0.265. The molecule has 0 saturated carbocycles. The van der Waals surface area contributed by atoms with Gasteiger partial charge in [0, 0.05) is 5.56 Å². The van der Waals surface area contributed by atoms with Crippen LogP contribution in [0.2, 0.25) is 0 Å². The lowest BCUT2D eigenvalue weighted by atomic mass is 9.97. The van der Waals surface area contributed by atoms with Crippen LogP contribution in [0.3, 0.4) is 0 Å². The van der Waals surface area contributed by atoms with Gasteiger partial charge in [-0.05, 0) is 29.7 Å². The Bertz CT molecular complexity index is 780. The Morgan fingerprint density at radius 2 is 1.95 bits per heavy atom. The lowest BCUT2D eigenvalue weighted by Crippen LogP contribution is -1.91. The number of rotatable bonds is 3. The van der Waals surface area contributed by atoms with Gasteiger partial charge >= 0.3 is 0 Å². The molecule has 0 saturated heterocycles. The minimum atomic E-state index is -0.317. The molecule has 0 bridgehead atoms. The van der Waals surface area contributed by atoms with Crippen molar-refractivity contribution in [1.29, 1.82) is 0 Å². The number of aromatic nitrogens is 1. The first kappa shape index (κ1) is 13.4. The van der Waals surface area contributed by atoms with E-state index < -0.39 is 0 Å². The third-order valence-corrected chi connectivity index (χ3v) is 3.47. The van der Waals surface area contributed by atoms with Crippen molar-refractivity contribution in [1.82, 2.24) is 5.16 Å². The van der Waals surface area contributed by atoms with Gasteiger partial charge in [-0.2, -0.15) is 0 Å². The first-order valence-electron chi connectivity index (χ1n) is 6.80. The van der Waals surface area contributed by atoms with Gasteiger partial charge in [-0.15, -0.1) is 0 Å². The van der Waals surface area contributed by atoms with Crippen molar-refractivity contribution in [2.24, 2.45) is 0 Å². The highest BCUT2D eigenvalue weighted by Crippen LogP contribution is 2.38. The number of aryl methyl sites for hydroxylation is 1. The molecule has 0 atom stereocenters. The number of hydrogen-bond acceptors (Lipinski definition) is 3. The van der Waals surface area contributed by atoms with Crippen molar-refractivity contribution in [3.05, 3.63) is 59.9 Å². The highest BCUT2D eigenvalue weighted by Gasteiger charge is 2.19. The van der Waals surface area contributed by atoms with Gasteiger partial charge in [0.25, 0.3) is 0 Å². The Balaban J connectivity index is 2.22. The van der Waals surface area contributed by atoms with Gasteiger partial charge in [0.1, 0.15) is 5.82 Å². The molecule has 21 heavy (non-hydrogen) atoms. The highest BCUT2D eigenvalue weighted by atomic mass is 19.1. The zero-order valence-corrected chi connectivity index (χ0v) is 11.6. The van der Waals surface area contributed by atoms with E-state index in [4.69, 9.17) is 10.3 Å². The molecular weight excluding hydrogens is 267 g/mol. The predicted octanol–water partition coefficient (Wildman–Crippen LogP) is 4.29. The van der Waals surface area contributed by atoms with Crippen LogP contribution in [-0.2, 0) is 6.42 Å². The number of halogens is 1. The van der Waals surface area contributed by atoms with Crippen LogP contribution < -0.4 is 5.73 Å².